The standard InChI is InChI=1S/C8H11NO3/c10-8(11)9-4-1-2-5(9)7-6(3-4)12-7/h4-7H,1-3H2,(H,10,11). The number of carboxylic acid groups (broad SMARTS) is 1. The molecule has 0 radical (unpaired) electrons. The molecule has 4 unspecified atom stereocenters. The maximum absolute atomic E-state index is 10.8. The Bertz CT molecular complexity index is 242. The van der Waals surface area contributed by atoms with Crippen molar-refractivity contribution in [2.45, 2.75) is 43.6 Å². The summed E-state index contributed by atoms with van der Waals surface area (Å²) in [6, 6.07) is 0.419. The van der Waals surface area contributed by atoms with E-state index >= 15 is 0 Å². The number of hydrogen-bond donors (Lipinski definition) is 1. The normalized spacial score (nSPS) is 48.8. The Morgan fingerprint density at radius 3 is 3.08 bits per heavy atom. The van der Waals surface area contributed by atoms with Crippen LogP contribution in [0.2, 0.25) is 0 Å². The Hall–Kier alpha value is -0.770. The molecule has 2 bridgehead atoms. The number of epoxide rings is 1. The highest BCUT2D eigenvalue weighted by atomic mass is 16.6. The molecule has 0 spiro atoms. The predicted molar refractivity (Wildman–Crippen MR) is 40.0 cm³/mol. The molecule has 0 aromatic heterocycles. The lowest BCUT2D eigenvalue weighted by atomic mass is 10.0. The Kier molecular flexibility index (Phi) is 1.08. The monoisotopic (exact) mass is 169 g/mol. The topological polar surface area (TPSA) is 53.1 Å². The molecule has 0 aromatic carbocycles. The van der Waals surface area contributed by atoms with E-state index in [9.17, 15) is 4.79 Å². The van der Waals surface area contributed by atoms with Crippen molar-refractivity contribution in [1.82, 2.24) is 4.90 Å². The number of fused-ring (bicyclic) bond motifs is 4. The number of carbonyl (C=O) groups is 1. The second-order valence-electron chi connectivity index (χ2n) is 3.86. The van der Waals surface area contributed by atoms with Gasteiger partial charge in [-0.1, -0.05) is 0 Å². The van der Waals surface area contributed by atoms with Gasteiger partial charge in [-0.25, -0.2) is 4.79 Å². The van der Waals surface area contributed by atoms with Gasteiger partial charge in [0.25, 0.3) is 0 Å². The van der Waals surface area contributed by atoms with E-state index in [2.05, 4.69) is 0 Å². The van der Waals surface area contributed by atoms with Crippen molar-refractivity contribution in [1.29, 1.82) is 0 Å². The van der Waals surface area contributed by atoms with E-state index in [-0.39, 0.29) is 18.2 Å². The molecule has 3 heterocycles. The number of piperidine rings is 1. The molecule has 3 aliphatic heterocycles. The Morgan fingerprint density at radius 2 is 2.33 bits per heavy atom. The molecule has 3 saturated heterocycles. The van der Waals surface area contributed by atoms with Crippen LogP contribution in [-0.2, 0) is 4.74 Å². The summed E-state index contributed by atoms with van der Waals surface area (Å²) in [5.74, 6) is 0. The lowest BCUT2D eigenvalue weighted by Gasteiger charge is -2.29. The van der Waals surface area contributed by atoms with E-state index < -0.39 is 6.09 Å². The van der Waals surface area contributed by atoms with Crippen LogP contribution in [0.4, 0.5) is 4.79 Å². The second kappa shape index (κ2) is 1.93. The first-order chi connectivity index (χ1) is 5.77. The van der Waals surface area contributed by atoms with Crippen LogP contribution in [0, 0.1) is 0 Å². The van der Waals surface area contributed by atoms with Crippen molar-refractivity contribution in [3.05, 3.63) is 0 Å². The SMILES string of the molecule is O=C(O)N1C2CCC1C1OC1C2. The maximum Gasteiger partial charge on any atom is 0.407 e. The van der Waals surface area contributed by atoms with Gasteiger partial charge in [-0.15, -0.1) is 0 Å². The second-order valence-corrected chi connectivity index (χ2v) is 3.86. The third-order valence-corrected chi connectivity index (χ3v) is 3.27. The third kappa shape index (κ3) is 0.684. The van der Waals surface area contributed by atoms with Gasteiger partial charge in [-0.2, -0.15) is 0 Å². The van der Waals surface area contributed by atoms with Gasteiger partial charge in [0.2, 0.25) is 0 Å². The highest BCUT2D eigenvalue weighted by molar-refractivity contribution is 5.67. The summed E-state index contributed by atoms with van der Waals surface area (Å²) in [6.45, 7) is 0. The molecule has 0 aliphatic carbocycles. The van der Waals surface area contributed by atoms with Crippen LogP contribution in [0.3, 0.4) is 0 Å². The summed E-state index contributed by atoms with van der Waals surface area (Å²) in [6.07, 6.45) is 2.81. The largest absolute Gasteiger partial charge is 0.465 e. The van der Waals surface area contributed by atoms with Gasteiger partial charge in [-0.3, -0.25) is 4.90 Å². The van der Waals surface area contributed by atoms with E-state index in [1.165, 1.54) is 0 Å². The summed E-state index contributed by atoms with van der Waals surface area (Å²) in [5.41, 5.74) is 0. The molecule has 3 aliphatic rings. The van der Waals surface area contributed by atoms with Crippen molar-refractivity contribution in [2.75, 3.05) is 0 Å². The average Bonchev–Trinajstić information content (AvgIpc) is 2.67. The summed E-state index contributed by atoms with van der Waals surface area (Å²) < 4.78 is 5.39. The van der Waals surface area contributed by atoms with E-state index in [0.717, 1.165) is 19.3 Å². The zero-order valence-electron chi connectivity index (χ0n) is 6.64. The zero-order valence-corrected chi connectivity index (χ0v) is 6.64. The Labute approximate surface area is 70.1 Å². The maximum atomic E-state index is 10.8. The molecule has 4 atom stereocenters. The average molecular weight is 169 g/mol. The van der Waals surface area contributed by atoms with Crippen LogP contribution < -0.4 is 0 Å². The minimum atomic E-state index is -0.767. The van der Waals surface area contributed by atoms with Gasteiger partial charge in [-0.05, 0) is 19.3 Å². The summed E-state index contributed by atoms with van der Waals surface area (Å²) in [4.78, 5) is 12.5. The van der Waals surface area contributed by atoms with Crippen LogP contribution in [-0.4, -0.2) is 40.4 Å². The first-order valence-corrected chi connectivity index (χ1v) is 4.44. The molecule has 3 rings (SSSR count). The van der Waals surface area contributed by atoms with Crippen molar-refractivity contribution in [3.8, 4) is 0 Å². The van der Waals surface area contributed by atoms with Gasteiger partial charge >= 0.3 is 6.09 Å². The smallest absolute Gasteiger partial charge is 0.407 e. The molecule has 1 N–H and O–H groups in total. The van der Waals surface area contributed by atoms with E-state index in [1.54, 1.807) is 4.90 Å². The molecular weight excluding hydrogens is 158 g/mol. The minimum absolute atomic E-state index is 0.172. The molecule has 66 valence electrons. The van der Waals surface area contributed by atoms with E-state index in [0.29, 0.717) is 6.10 Å². The lowest BCUT2D eigenvalue weighted by molar-refractivity contribution is 0.109. The molecule has 1 amide bonds. The fraction of sp³-hybridized carbons (Fsp3) is 0.875. The third-order valence-electron chi connectivity index (χ3n) is 3.27. The number of nitrogens with zero attached hydrogens (tertiary/aromatic N) is 1. The van der Waals surface area contributed by atoms with Gasteiger partial charge < -0.3 is 9.84 Å². The zero-order chi connectivity index (χ0) is 8.29. The first kappa shape index (κ1) is 6.71. The highest BCUT2D eigenvalue weighted by Gasteiger charge is 2.58. The van der Waals surface area contributed by atoms with Crippen LogP contribution in [0.1, 0.15) is 19.3 Å². The number of rotatable bonds is 0. The molecule has 0 saturated carbocycles. The van der Waals surface area contributed by atoms with Gasteiger partial charge in [0.15, 0.2) is 0 Å². The number of ether oxygens (including phenoxy) is 1. The summed E-state index contributed by atoms with van der Waals surface area (Å²) in [5, 5.41) is 8.93. The van der Waals surface area contributed by atoms with Crippen molar-refractivity contribution >= 4 is 6.09 Å². The summed E-state index contributed by atoms with van der Waals surface area (Å²) in [7, 11) is 0. The van der Waals surface area contributed by atoms with Gasteiger partial charge in [0.1, 0.15) is 6.10 Å². The fourth-order valence-corrected chi connectivity index (χ4v) is 2.72. The Morgan fingerprint density at radius 1 is 1.50 bits per heavy atom. The molecule has 4 heteroatoms. The fourth-order valence-electron chi connectivity index (χ4n) is 2.72. The molecule has 0 aromatic rings. The van der Waals surface area contributed by atoms with Gasteiger partial charge in [0.05, 0.1) is 12.1 Å². The number of amides is 1. The Balaban J connectivity index is 1.90. The minimum Gasteiger partial charge on any atom is -0.465 e. The van der Waals surface area contributed by atoms with E-state index in [1.807, 2.05) is 0 Å². The quantitative estimate of drug-likeness (QED) is 0.542. The van der Waals surface area contributed by atoms with Crippen LogP contribution in [0.25, 0.3) is 0 Å². The molecular formula is C8H11NO3. The highest BCUT2D eigenvalue weighted by Crippen LogP contribution is 2.46. The van der Waals surface area contributed by atoms with Gasteiger partial charge in [0, 0.05) is 6.04 Å². The molecule has 12 heavy (non-hydrogen) atoms. The van der Waals surface area contributed by atoms with E-state index in [4.69, 9.17) is 9.84 Å². The lowest BCUT2D eigenvalue weighted by Crippen LogP contribution is -2.47. The van der Waals surface area contributed by atoms with Crippen LogP contribution >= 0.6 is 0 Å². The number of hydrogen-bond acceptors (Lipinski definition) is 2. The van der Waals surface area contributed by atoms with Crippen LogP contribution in [0.5, 0.6) is 0 Å². The summed E-state index contributed by atoms with van der Waals surface area (Å²) >= 11 is 0. The molecule has 3 fully saturated rings. The predicted octanol–water partition coefficient (Wildman–Crippen LogP) is 0.668. The molecule has 4 nitrogen and oxygen atoms in total. The van der Waals surface area contributed by atoms with Crippen molar-refractivity contribution in [2.24, 2.45) is 0 Å². The van der Waals surface area contributed by atoms with Crippen molar-refractivity contribution in [3.63, 3.8) is 0 Å². The van der Waals surface area contributed by atoms with Crippen molar-refractivity contribution < 1.29 is 14.6 Å². The first-order valence-electron chi connectivity index (χ1n) is 4.44. The van der Waals surface area contributed by atoms with Crippen LogP contribution in [0.15, 0.2) is 0 Å².